The van der Waals surface area contributed by atoms with Gasteiger partial charge in [0.1, 0.15) is 0 Å². The van der Waals surface area contributed by atoms with Gasteiger partial charge in [0.25, 0.3) is 15.9 Å². The van der Waals surface area contributed by atoms with E-state index in [0.29, 0.717) is 29.2 Å². The van der Waals surface area contributed by atoms with Gasteiger partial charge in [-0.25, -0.2) is 8.42 Å². The Labute approximate surface area is 177 Å². The lowest BCUT2D eigenvalue weighted by molar-refractivity contribution is 0.102. The van der Waals surface area contributed by atoms with Crippen LogP contribution >= 0.6 is 0 Å². The van der Waals surface area contributed by atoms with E-state index in [0.717, 1.165) is 16.7 Å². The Bertz CT molecular complexity index is 1170. The molecule has 1 heterocycles. The second-order valence-electron chi connectivity index (χ2n) is 7.34. The van der Waals surface area contributed by atoms with Gasteiger partial charge in [-0.1, -0.05) is 17.7 Å². The summed E-state index contributed by atoms with van der Waals surface area (Å²) in [6.07, 6.45) is 1.69. The number of sulfonamides is 1. The van der Waals surface area contributed by atoms with Crippen LogP contribution < -0.4 is 10.0 Å². The predicted octanol–water partition coefficient (Wildman–Crippen LogP) is 4.19. The summed E-state index contributed by atoms with van der Waals surface area (Å²) in [5, 5.41) is 7.05. The first kappa shape index (κ1) is 21.6. The topological polar surface area (TPSA) is 93.1 Å². The zero-order valence-corrected chi connectivity index (χ0v) is 18.6. The maximum absolute atomic E-state index is 12.8. The van der Waals surface area contributed by atoms with Crippen LogP contribution in [0.3, 0.4) is 0 Å². The summed E-state index contributed by atoms with van der Waals surface area (Å²) < 4.78 is 30.0. The SMILES string of the molecule is CCn1cc(C(=O)Nc2ccc(S(=O)(=O)Nc3c(C)cc(C)cc3C)cc2)c(C)n1. The second kappa shape index (κ2) is 8.31. The molecule has 0 spiro atoms. The highest BCUT2D eigenvalue weighted by molar-refractivity contribution is 7.92. The van der Waals surface area contributed by atoms with E-state index in [4.69, 9.17) is 0 Å². The van der Waals surface area contributed by atoms with Gasteiger partial charge < -0.3 is 5.32 Å². The van der Waals surface area contributed by atoms with E-state index in [1.54, 1.807) is 29.9 Å². The van der Waals surface area contributed by atoms with Gasteiger partial charge >= 0.3 is 0 Å². The number of carbonyl (C=O) groups excluding carboxylic acids is 1. The van der Waals surface area contributed by atoms with E-state index in [9.17, 15) is 13.2 Å². The maximum Gasteiger partial charge on any atom is 0.261 e. The minimum Gasteiger partial charge on any atom is -0.322 e. The molecule has 0 saturated carbocycles. The Morgan fingerprint density at radius 3 is 2.17 bits per heavy atom. The highest BCUT2D eigenvalue weighted by atomic mass is 32.2. The smallest absolute Gasteiger partial charge is 0.261 e. The van der Waals surface area contributed by atoms with E-state index in [1.165, 1.54) is 12.1 Å². The fourth-order valence-corrected chi connectivity index (χ4v) is 4.56. The number of nitrogens with zero attached hydrogens (tertiary/aromatic N) is 2. The number of aromatic nitrogens is 2. The summed E-state index contributed by atoms with van der Waals surface area (Å²) in [6, 6.07) is 9.96. The highest BCUT2D eigenvalue weighted by Crippen LogP contribution is 2.25. The molecule has 3 rings (SSSR count). The van der Waals surface area contributed by atoms with E-state index in [-0.39, 0.29) is 10.8 Å². The zero-order valence-electron chi connectivity index (χ0n) is 17.8. The van der Waals surface area contributed by atoms with Crippen LogP contribution in [0.25, 0.3) is 0 Å². The average Bonchev–Trinajstić information content (AvgIpc) is 3.06. The summed E-state index contributed by atoms with van der Waals surface area (Å²) in [4.78, 5) is 12.6. The Morgan fingerprint density at radius 2 is 1.63 bits per heavy atom. The van der Waals surface area contributed by atoms with Crippen molar-refractivity contribution >= 4 is 27.3 Å². The molecule has 3 aromatic rings. The largest absolute Gasteiger partial charge is 0.322 e. The van der Waals surface area contributed by atoms with Crippen molar-refractivity contribution in [1.29, 1.82) is 0 Å². The van der Waals surface area contributed by atoms with Crippen molar-refractivity contribution in [2.75, 3.05) is 10.0 Å². The van der Waals surface area contributed by atoms with Crippen LogP contribution in [0.15, 0.2) is 47.5 Å². The molecule has 0 atom stereocenters. The molecule has 0 fully saturated rings. The Hall–Kier alpha value is -3.13. The number of anilines is 2. The van der Waals surface area contributed by atoms with Gasteiger partial charge in [0.15, 0.2) is 0 Å². The molecule has 0 aliphatic heterocycles. The average molecular weight is 427 g/mol. The lowest BCUT2D eigenvalue weighted by Crippen LogP contribution is -2.15. The molecule has 8 heteroatoms. The molecule has 0 radical (unpaired) electrons. The molecule has 2 N–H and O–H groups in total. The third-order valence-corrected chi connectivity index (χ3v) is 6.22. The molecule has 1 amide bonds. The van der Waals surface area contributed by atoms with Crippen molar-refractivity contribution in [3.05, 3.63) is 70.5 Å². The summed E-state index contributed by atoms with van der Waals surface area (Å²) in [5.74, 6) is -0.285. The molecule has 0 aliphatic rings. The molecule has 1 aromatic heterocycles. The summed E-state index contributed by atoms with van der Waals surface area (Å²) >= 11 is 0. The Balaban J connectivity index is 1.77. The fourth-order valence-electron chi connectivity index (χ4n) is 3.35. The molecular weight excluding hydrogens is 400 g/mol. The van der Waals surface area contributed by atoms with Gasteiger partial charge in [-0.3, -0.25) is 14.2 Å². The lowest BCUT2D eigenvalue weighted by atomic mass is 10.1. The van der Waals surface area contributed by atoms with Gasteiger partial charge in [0, 0.05) is 18.4 Å². The molecule has 0 bridgehead atoms. The van der Waals surface area contributed by atoms with Crippen LogP contribution in [0.4, 0.5) is 11.4 Å². The van der Waals surface area contributed by atoms with Gasteiger partial charge in [-0.15, -0.1) is 0 Å². The van der Waals surface area contributed by atoms with Gasteiger partial charge in [-0.05, 0) is 70.0 Å². The van der Waals surface area contributed by atoms with Crippen molar-refractivity contribution in [2.24, 2.45) is 0 Å². The van der Waals surface area contributed by atoms with Gasteiger partial charge in [0.2, 0.25) is 0 Å². The molecule has 7 nitrogen and oxygen atoms in total. The monoisotopic (exact) mass is 426 g/mol. The van der Waals surface area contributed by atoms with Crippen molar-refractivity contribution in [3.8, 4) is 0 Å². The van der Waals surface area contributed by atoms with Crippen LogP contribution in [0.5, 0.6) is 0 Å². The number of nitrogens with one attached hydrogen (secondary N) is 2. The van der Waals surface area contributed by atoms with Crippen LogP contribution in [-0.2, 0) is 16.6 Å². The molecular formula is C22H26N4O3S. The van der Waals surface area contributed by atoms with Gasteiger partial charge in [-0.2, -0.15) is 5.10 Å². The van der Waals surface area contributed by atoms with Crippen molar-refractivity contribution < 1.29 is 13.2 Å². The highest BCUT2D eigenvalue weighted by Gasteiger charge is 2.18. The molecule has 0 aliphatic carbocycles. The minimum atomic E-state index is -3.75. The quantitative estimate of drug-likeness (QED) is 0.618. The molecule has 30 heavy (non-hydrogen) atoms. The summed E-state index contributed by atoms with van der Waals surface area (Å²) in [7, 11) is -3.75. The number of aryl methyl sites for hydroxylation is 5. The number of benzene rings is 2. The first-order valence-electron chi connectivity index (χ1n) is 9.67. The van der Waals surface area contributed by atoms with Gasteiger partial charge in [0.05, 0.1) is 21.8 Å². The van der Waals surface area contributed by atoms with E-state index in [2.05, 4.69) is 15.1 Å². The van der Waals surface area contributed by atoms with Crippen LogP contribution in [0.1, 0.15) is 39.7 Å². The Kier molecular flexibility index (Phi) is 5.98. The lowest BCUT2D eigenvalue weighted by Gasteiger charge is -2.14. The summed E-state index contributed by atoms with van der Waals surface area (Å²) in [5.41, 5.74) is 5.02. The second-order valence-corrected chi connectivity index (χ2v) is 9.02. The maximum atomic E-state index is 12.8. The number of hydrogen-bond donors (Lipinski definition) is 2. The van der Waals surface area contributed by atoms with Crippen LogP contribution in [0.2, 0.25) is 0 Å². The normalized spacial score (nSPS) is 11.4. The van der Waals surface area contributed by atoms with Crippen molar-refractivity contribution in [1.82, 2.24) is 9.78 Å². The van der Waals surface area contributed by atoms with Crippen LogP contribution in [-0.4, -0.2) is 24.1 Å². The van der Waals surface area contributed by atoms with Crippen molar-refractivity contribution in [3.63, 3.8) is 0 Å². The van der Waals surface area contributed by atoms with Crippen LogP contribution in [0, 0.1) is 27.7 Å². The Morgan fingerprint density at radius 1 is 1.03 bits per heavy atom. The first-order chi connectivity index (χ1) is 14.1. The molecule has 158 valence electrons. The zero-order chi connectivity index (χ0) is 22.1. The molecule has 0 saturated heterocycles. The number of rotatable bonds is 6. The number of hydrogen-bond acceptors (Lipinski definition) is 4. The fraction of sp³-hybridized carbons (Fsp3) is 0.273. The number of carbonyl (C=O) groups is 1. The number of amides is 1. The van der Waals surface area contributed by atoms with E-state index >= 15 is 0 Å². The standard InChI is InChI=1S/C22H26N4O3S/c1-6-26-13-20(17(5)24-26)22(27)23-18-7-9-19(10-8-18)30(28,29)25-21-15(3)11-14(2)12-16(21)4/h7-13,25H,6H2,1-5H3,(H,23,27). The van der Waals surface area contributed by atoms with Crippen molar-refractivity contribution in [2.45, 2.75) is 46.1 Å². The van der Waals surface area contributed by atoms with E-state index < -0.39 is 10.0 Å². The predicted molar refractivity (Wildman–Crippen MR) is 118 cm³/mol. The minimum absolute atomic E-state index is 0.120. The third-order valence-electron chi connectivity index (χ3n) is 4.85. The summed E-state index contributed by atoms with van der Waals surface area (Å²) in [6.45, 7) is 10.1. The molecule has 0 unspecified atom stereocenters. The molecule has 2 aromatic carbocycles. The first-order valence-corrected chi connectivity index (χ1v) is 11.1. The van der Waals surface area contributed by atoms with E-state index in [1.807, 2.05) is 39.8 Å². The third kappa shape index (κ3) is 4.54.